The van der Waals surface area contributed by atoms with Crippen LogP contribution in [0.3, 0.4) is 0 Å². The largest absolute Gasteiger partial charge is 0.347 e. The Labute approximate surface area is 142 Å². The normalized spacial score (nSPS) is 14.2. The van der Waals surface area contributed by atoms with Crippen molar-refractivity contribution >= 4 is 23.4 Å². The van der Waals surface area contributed by atoms with Crippen molar-refractivity contribution < 1.29 is 14.4 Å². The Morgan fingerprint density at radius 1 is 1.12 bits per heavy atom. The Morgan fingerprint density at radius 2 is 1.75 bits per heavy atom. The Hall–Kier alpha value is -2.37. The molecule has 0 radical (unpaired) electrons. The molecule has 1 aliphatic rings. The average Bonchev–Trinajstić information content (AvgIpc) is 3.08. The van der Waals surface area contributed by atoms with Gasteiger partial charge in [-0.2, -0.15) is 0 Å². The van der Waals surface area contributed by atoms with E-state index < -0.39 is 0 Å². The molecule has 0 saturated heterocycles. The van der Waals surface area contributed by atoms with Gasteiger partial charge in [0.2, 0.25) is 17.7 Å². The zero-order valence-electron chi connectivity index (χ0n) is 14.3. The highest BCUT2D eigenvalue weighted by Gasteiger charge is 2.23. The van der Waals surface area contributed by atoms with E-state index in [1.807, 2.05) is 31.2 Å². The van der Waals surface area contributed by atoms with Gasteiger partial charge >= 0.3 is 0 Å². The molecule has 0 aromatic heterocycles. The Bertz CT molecular complexity index is 592. The summed E-state index contributed by atoms with van der Waals surface area (Å²) in [5, 5.41) is 5.42. The second-order valence-electron chi connectivity index (χ2n) is 6.36. The molecular formula is C18H25N3O3. The number of rotatable bonds is 6. The minimum atomic E-state index is -0.277. The highest BCUT2D eigenvalue weighted by Crippen LogP contribution is 2.24. The number of hydrogen-bond donors (Lipinski definition) is 2. The lowest BCUT2D eigenvalue weighted by Gasteiger charge is -2.18. The maximum absolute atomic E-state index is 12.0. The van der Waals surface area contributed by atoms with Gasteiger partial charge in [0.05, 0.1) is 13.1 Å². The molecular weight excluding hydrogens is 306 g/mol. The van der Waals surface area contributed by atoms with Gasteiger partial charge in [0.1, 0.15) is 0 Å². The molecule has 0 unspecified atom stereocenters. The van der Waals surface area contributed by atoms with Gasteiger partial charge in [0.25, 0.3) is 0 Å². The summed E-state index contributed by atoms with van der Waals surface area (Å²) in [6, 6.07) is 7.44. The number of nitrogens with one attached hydrogen (secondary N) is 2. The van der Waals surface area contributed by atoms with Crippen LogP contribution >= 0.6 is 0 Å². The van der Waals surface area contributed by atoms with E-state index in [0.717, 1.165) is 31.2 Å². The quantitative estimate of drug-likeness (QED) is 0.833. The van der Waals surface area contributed by atoms with Gasteiger partial charge in [-0.25, -0.2) is 0 Å². The summed E-state index contributed by atoms with van der Waals surface area (Å²) in [5.74, 6) is -0.566. The van der Waals surface area contributed by atoms with Crippen LogP contribution in [0.15, 0.2) is 24.3 Å². The van der Waals surface area contributed by atoms with Crippen LogP contribution in [0.1, 0.15) is 31.2 Å². The number of nitrogens with zero attached hydrogens (tertiary/aromatic N) is 1. The monoisotopic (exact) mass is 331 g/mol. The van der Waals surface area contributed by atoms with Crippen LogP contribution in [0, 0.1) is 12.8 Å². The third-order valence-electron chi connectivity index (χ3n) is 4.28. The van der Waals surface area contributed by atoms with E-state index in [-0.39, 0.29) is 36.7 Å². The van der Waals surface area contributed by atoms with E-state index in [9.17, 15) is 14.4 Å². The number of hydrogen-bond acceptors (Lipinski definition) is 3. The molecule has 24 heavy (non-hydrogen) atoms. The van der Waals surface area contributed by atoms with Crippen molar-refractivity contribution in [3.05, 3.63) is 29.8 Å². The lowest BCUT2D eigenvalue weighted by atomic mass is 10.1. The second-order valence-corrected chi connectivity index (χ2v) is 6.36. The lowest BCUT2D eigenvalue weighted by molar-refractivity contribution is -0.134. The number of carbonyl (C=O) groups excluding carboxylic acids is 3. The fourth-order valence-corrected chi connectivity index (χ4v) is 2.77. The highest BCUT2D eigenvalue weighted by molar-refractivity contribution is 5.95. The van der Waals surface area contributed by atoms with Gasteiger partial charge in [-0.05, 0) is 31.9 Å². The van der Waals surface area contributed by atoms with Gasteiger partial charge in [-0.15, -0.1) is 0 Å². The van der Waals surface area contributed by atoms with Crippen molar-refractivity contribution in [2.75, 3.05) is 25.5 Å². The molecule has 6 heteroatoms. The van der Waals surface area contributed by atoms with Crippen molar-refractivity contribution in [1.29, 1.82) is 0 Å². The third-order valence-corrected chi connectivity index (χ3v) is 4.28. The maximum atomic E-state index is 12.0. The number of amides is 3. The molecule has 1 aliphatic carbocycles. The molecule has 130 valence electrons. The molecule has 2 rings (SSSR count). The fraction of sp³-hybridized carbons (Fsp3) is 0.500. The molecule has 3 amide bonds. The molecule has 0 aliphatic heterocycles. The molecule has 2 N–H and O–H groups in total. The summed E-state index contributed by atoms with van der Waals surface area (Å²) in [6.07, 6.45) is 3.94. The van der Waals surface area contributed by atoms with Crippen LogP contribution in [0.4, 0.5) is 5.69 Å². The van der Waals surface area contributed by atoms with Crippen LogP contribution in [0.5, 0.6) is 0 Å². The van der Waals surface area contributed by atoms with Crippen molar-refractivity contribution in [2.24, 2.45) is 5.92 Å². The van der Waals surface area contributed by atoms with E-state index in [4.69, 9.17) is 0 Å². The number of aryl methyl sites for hydroxylation is 1. The zero-order valence-corrected chi connectivity index (χ0v) is 14.3. The zero-order chi connectivity index (χ0) is 17.5. The first kappa shape index (κ1) is 18.0. The molecule has 1 saturated carbocycles. The van der Waals surface area contributed by atoms with Gasteiger partial charge in [-0.3, -0.25) is 14.4 Å². The molecule has 6 nitrogen and oxygen atoms in total. The predicted molar refractivity (Wildman–Crippen MR) is 92.4 cm³/mol. The Morgan fingerprint density at radius 3 is 2.38 bits per heavy atom. The molecule has 0 atom stereocenters. The fourth-order valence-electron chi connectivity index (χ4n) is 2.77. The Kier molecular flexibility index (Phi) is 6.35. The smallest absolute Gasteiger partial charge is 0.243 e. The lowest BCUT2D eigenvalue weighted by Crippen LogP contribution is -2.42. The molecule has 0 bridgehead atoms. The van der Waals surface area contributed by atoms with Gasteiger partial charge < -0.3 is 15.5 Å². The molecule has 0 spiro atoms. The summed E-state index contributed by atoms with van der Waals surface area (Å²) >= 11 is 0. The minimum Gasteiger partial charge on any atom is -0.347 e. The van der Waals surface area contributed by atoms with Crippen molar-refractivity contribution in [2.45, 2.75) is 32.6 Å². The standard InChI is InChI=1S/C18H25N3O3/c1-13-7-9-15(10-8-13)20-16(22)12-21(2)17(23)11-19-18(24)14-5-3-4-6-14/h7-10,14H,3-6,11-12H2,1-2H3,(H,19,24)(H,20,22). The summed E-state index contributed by atoms with van der Waals surface area (Å²) < 4.78 is 0. The minimum absolute atomic E-state index is 0.0351. The first-order valence-electron chi connectivity index (χ1n) is 8.34. The summed E-state index contributed by atoms with van der Waals surface area (Å²) in [7, 11) is 1.55. The van der Waals surface area contributed by atoms with Gasteiger partial charge in [-0.1, -0.05) is 30.5 Å². The number of carbonyl (C=O) groups is 3. The van der Waals surface area contributed by atoms with Gasteiger partial charge in [0, 0.05) is 18.7 Å². The average molecular weight is 331 g/mol. The van der Waals surface area contributed by atoms with E-state index in [1.54, 1.807) is 7.05 Å². The number of anilines is 1. The molecule has 0 heterocycles. The Balaban J connectivity index is 1.73. The van der Waals surface area contributed by atoms with Crippen LogP contribution in [-0.4, -0.2) is 42.8 Å². The van der Waals surface area contributed by atoms with Crippen LogP contribution < -0.4 is 10.6 Å². The van der Waals surface area contributed by atoms with E-state index in [0.29, 0.717) is 5.69 Å². The summed E-state index contributed by atoms with van der Waals surface area (Å²) in [6.45, 7) is 1.85. The predicted octanol–water partition coefficient (Wildman–Crippen LogP) is 1.70. The van der Waals surface area contributed by atoms with Crippen molar-refractivity contribution in [3.63, 3.8) is 0 Å². The van der Waals surface area contributed by atoms with Crippen molar-refractivity contribution in [3.8, 4) is 0 Å². The third kappa shape index (κ3) is 5.37. The summed E-state index contributed by atoms with van der Waals surface area (Å²) in [4.78, 5) is 37.2. The van der Waals surface area contributed by atoms with Crippen molar-refractivity contribution in [1.82, 2.24) is 10.2 Å². The highest BCUT2D eigenvalue weighted by atomic mass is 16.2. The summed E-state index contributed by atoms with van der Waals surface area (Å²) in [5.41, 5.74) is 1.80. The van der Waals surface area contributed by atoms with Crippen LogP contribution in [0.2, 0.25) is 0 Å². The van der Waals surface area contributed by atoms with E-state index >= 15 is 0 Å². The second kappa shape index (κ2) is 8.47. The maximum Gasteiger partial charge on any atom is 0.243 e. The van der Waals surface area contributed by atoms with E-state index in [1.165, 1.54) is 4.90 Å². The topological polar surface area (TPSA) is 78.5 Å². The molecule has 1 fully saturated rings. The van der Waals surface area contributed by atoms with Gasteiger partial charge in [0.15, 0.2) is 0 Å². The molecule has 1 aromatic rings. The number of likely N-dealkylation sites (N-methyl/N-ethyl adjacent to an activating group) is 1. The SMILES string of the molecule is Cc1ccc(NC(=O)CN(C)C(=O)CNC(=O)C2CCCC2)cc1. The van der Waals surface area contributed by atoms with Crippen LogP contribution in [-0.2, 0) is 14.4 Å². The van der Waals surface area contributed by atoms with Crippen LogP contribution in [0.25, 0.3) is 0 Å². The van der Waals surface area contributed by atoms with E-state index in [2.05, 4.69) is 10.6 Å². The molecule has 1 aromatic carbocycles. The first-order valence-corrected chi connectivity index (χ1v) is 8.34. The number of benzene rings is 1. The first-order chi connectivity index (χ1) is 11.5.